The minimum atomic E-state index is -0.314. The van der Waals surface area contributed by atoms with Crippen molar-refractivity contribution in [2.24, 2.45) is 0 Å². The molecule has 6 nitrogen and oxygen atoms in total. The number of nitrogens with one attached hydrogen (secondary N) is 1. The molecule has 0 atom stereocenters. The van der Waals surface area contributed by atoms with E-state index in [1.54, 1.807) is 24.3 Å². The van der Waals surface area contributed by atoms with Crippen molar-refractivity contribution in [2.45, 2.75) is 19.9 Å². The molecule has 0 radical (unpaired) electrons. The molecular formula is C28H22BrN3O3S. The summed E-state index contributed by atoms with van der Waals surface area (Å²) in [6.07, 6.45) is 2.23. The summed E-state index contributed by atoms with van der Waals surface area (Å²) in [4.78, 5) is 32.5. The maximum atomic E-state index is 13.4. The minimum absolute atomic E-state index is 0.138. The average Bonchev–Trinajstić information content (AvgIpc) is 3.27. The predicted molar refractivity (Wildman–Crippen MR) is 148 cm³/mol. The molecule has 1 N–H and O–H groups in total. The Labute approximate surface area is 220 Å². The number of hydrogen-bond donors (Lipinski definition) is 1. The first-order valence-corrected chi connectivity index (χ1v) is 13.0. The Morgan fingerprint density at radius 2 is 1.69 bits per heavy atom. The Balaban J connectivity index is 1.36. The van der Waals surface area contributed by atoms with Crippen LogP contribution in [-0.4, -0.2) is 15.5 Å². The van der Waals surface area contributed by atoms with Crippen LogP contribution in [0.5, 0.6) is 11.5 Å². The summed E-state index contributed by atoms with van der Waals surface area (Å²) in [7, 11) is 0. The van der Waals surface area contributed by atoms with Gasteiger partial charge in [-0.05, 0) is 60.5 Å². The van der Waals surface area contributed by atoms with Crippen molar-refractivity contribution >= 4 is 49.1 Å². The number of aromatic nitrogens is 2. The van der Waals surface area contributed by atoms with Crippen LogP contribution < -0.4 is 15.6 Å². The van der Waals surface area contributed by atoms with E-state index in [2.05, 4.69) is 33.2 Å². The van der Waals surface area contributed by atoms with Gasteiger partial charge in [0.25, 0.3) is 5.56 Å². The van der Waals surface area contributed by atoms with Gasteiger partial charge in [0, 0.05) is 20.6 Å². The van der Waals surface area contributed by atoms with Crippen LogP contribution in [0.1, 0.15) is 11.8 Å². The third kappa shape index (κ3) is 5.10. The molecule has 0 fully saturated rings. The summed E-state index contributed by atoms with van der Waals surface area (Å²) in [5, 5.41) is 3.39. The number of ether oxygens (including phenoxy) is 1. The smallest absolute Gasteiger partial charge is 0.263 e. The molecule has 2 aromatic heterocycles. The molecule has 0 bridgehead atoms. The second-order valence-electron chi connectivity index (χ2n) is 8.11. The maximum Gasteiger partial charge on any atom is 0.263 e. The summed E-state index contributed by atoms with van der Waals surface area (Å²) in [6, 6.07) is 24.4. The van der Waals surface area contributed by atoms with Crippen molar-refractivity contribution in [2.75, 3.05) is 5.32 Å². The lowest BCUT2D eigenvalue weighted by atomic mass is 10.0. The van der Waals surface area contributed by atoms with Crippen LogP contribution in [-0.2, 0) is 17.8 Å². The highest BCUT2D eigenvalue weighted by Gasteiger charge is 2.19. The average molecular weight is 560 g/mol. The number of fused-ring (bicyclic) bond motifs is 1. The standard InChI is InChI=1S/C28H22BrN3O3S/c1-2-23-25(18-8-10-19(29)11-9-18)26-27(36-23)30-17-32(28(26)34)16-24(33)31-20-12-14-22(15-13-20)35-21-6-4-3-5-7-21/h3-15,17H,2,16H2,1H3,(H,31,33). The molecule has 0 aliphatic rings. The number of hydrogen-bond acceptors (Lipinski definition) is 5. The van der Waals surface area contributed by atoms with Crippen molar-refractivity contribution in [1.29, 1.82) is 0 Å². The van der Waals surface area contributed by atoms with Gasteiger partial charge in [-0.1, -0.05) is 53.2 Å². The molecular weight excluding hydrogens is 538 g/mol. The van der Waals surface area contributed by atoms with E-state index in [1.807, 2.05) is 54.6 Å². The first kappa shape index (κ1) is 24.0. The van der Waals surface area contributed by atoms with Gasteiger partial charge in [-0.15, -0.1) is 11.3 Å². The Bertz CT molecular complexity index is 1580. The molecule has 0 spiro atoms. The van der Waals surface area contributed by atoms with E-state index in [9.17, 15) is 9.59 Å². The van der Waals surface area contributed by atoms with Gasteiger partial charge in [0.1, 0.15) is 22.9 Å². The second kappa shape index (κ2) is 10.5. The highest BCUT2D eigenvalue weighted by Crippen LogP contribution is 2.36. The van der Waals surface area contributed by atoms with Gasteiger partial charge in [-0.3, -0.25) is 14.2 Å². The number of thiophene rings is 1. The fourth-order valence-electron chi connectivity index (χ4n) is 3.94. The van der Waals surface area contributed by atoms with Crippen LogP contribution in [0.15, 0.2) is 94.5 Å². The molecule has 0 aliphatic carbocycles. The summed E-state index contributed by atoms with van der Waals surface area (Å²) >= 11 is 4.99. The van der Waals surface area contributed by atoms with Crippen LogP contribution in [0.3, 0.4) is 0 Å². The number of carbonyl (C=O) groups excluding carboxylic acids is 1. The van der Waals surface area contributed by atoms with Crippen LogP contribution in [0.2, 0.25) is 0 Å². The van der Waals surface area contributed by atoms with Gasteiger partial charge in [0.2, 0.25) is 5.91 Å². The number of rotatable bonds is 7. The van der Waals surface area contributed by atoms with E-state index in [-0.39, 0.29) is 18.0 Å². The van der Waals surface area contributed by atoms with Gasteiger partial charge in [-0.25, -0.2) is 4.98 Å². The first-order chi connectivity index (χ1) is 17.5. The van der Waals surface area contributed by atoms with Crippen LogP contribution in [0.25, 0.3) is 21.3 Å². The first-order valence-electron chi connectivity index (χ1n) is 11.4. The van der Waals surface area contributed by atoms with E-state index in [0.29, 0.717) is 21.7 Å². The molecule has 0 unspecified atom stereocenters. The maximum absolute atomic E-state index is 13.4. The topological polar surface area (TPSA) is 73.2 Å². The van der Waals surface area contributed by atoms with E-state index < -0.39 is 0 Å². The molecule has 5 rings (SSSR count). The highest BCUT2D eigenvalue weighted by atomic mass is 79.9. The Morgan fingerprint density at radius 1 is 1.00 bits per heavy atom. The quantitative estimate of drug-likeness (QED) is 0.236. The molecule has 0 saturated heterocycles. The molecule has 2 heterocycles. The number of carbonyl (C=O) groups is 1. The summed E-state index contributed by atoms with van der Waals surface area (Å²) in [5.41, 5.74) is 2.24. The molecule has 3 aromatic carbocycles. The zero-order valence-corrected chi connectivity index (χ0v) is 21.8. The molecule has 8 heteroatoms. The number of amides is 1. The lowest BCUT2D eigenvalue weighted by molar-refractivity contribution is -0.116. The Hall–Kier alpha value is -3.75. The Kier molecular flexibility index (Phi) is 6.97. The van der Waals surface area contributed by atoms with Crippen LogP contribution in [0, 0.1) is 0 Å². The molecule has 180 valence electrons. The number of para-hydroxylation sites is 1. The Morgan fingerprint density at radius 3 is 2.39 bits per heavy atom. The monoisotopic (exact) mass is 559 g/mol. The van der Waals surface area contributed by atoms with Crippen molar-refractivity contribution in [3.05, 3.63) is 105 Å². The normalized spacial score (nSPS) is 10.9. The van der Waals surface area contributed by atoms with E-state index in [1.165, 1.54) is 22.2 Å². The van der Waals surface area contributed by atoms with Crippen molar-refractivity contribution in [3.63, 3.8) is 0 Å². The van der Waals surface area contributed by atoms with Gasteiger partial charge in [0.15, 0.2) is 0 Å². The number of aryl methyl sites for hydroxylation is 1. The lowest BCUT2D eigenvalue weighted by Gasteiger charge is -2.09. The number of halogens is 1. The SMILES string of the molecule is CCc1sc2ncn(CC(=O)Nc3ccc(Oc4ccccc4)cc3)c(=O)c2c1-c1ccc(Br)cc1. The van der Waals surface area contributed by atoms with E-state index >= 15 is 0 Å². The summed E-state index contributed by atoms with van der Waals surface area (Å²) in [6.45, 7) is 1.93. The van der Waals surface area contributed by atoms with Crippen LogP contribution in [0.4, 0.5) is 5.69 Å². The predicted octanol–water partition coefficient (Wildman–Crippen LogP) is 6.88. The largest absolute Gasteiger partial charge is 0.457 e. The molecule has 5 aromatic rings. The molecule has 36 heavy (non-hydrogen) atoms. The summed E-state index contributed by atoms with van der Waals surface area (Å²) in [5.74, 6) is 1.08. The third-order valence-electron chi connectivity index (χ3n) is 5.64. The summed E-state index contributed by atoms with van der Waals surface area (Å²) < 4.78 is 8.12. The zero-order chi connectivity index (χ0) is 25.1. The molecule has 1 amide bonds. The number of anilines is 1. The molecule has 0 aliphatic heterocycles. The van der Waals surface area contributed by atoms with Crippen LogP contribution >= 0.6 is 27.3 Å². The van der Waals surface area contributed by atoms with Gasteiger partial charge >= 0.3 is 0 Å². The third-order valence-corrected chi connectivity index (χ3v) is 7.41. The second-order valence-corrected chi connectivity index (χ2v) is 10.1. The fraction of sp³-hybridized carbons (Fsp3) is 0.107. The lowest BCUT2D eigenvalue weighted by Crippen LogP contribution is -2.27. The molecule has 0 saturated carbocycles. The van der Waals surface area contributed by atoms with Gasteiger partial charge in [-0.2, -0.15) is 0 Å². The zero-order valence-electron chi connectivity index (χ0n) is 19.4. The van der Waals surface area contributed by atoms with Gasteiger partial charge in [0.05, 0.1) is 11.7 Å². The van der Waals surface area contributed by atoms with Crippen molar-refractivity contribution in [1.82, 2.24) is 9.55 Å². The van der Waals surface area contributed by atoms with E-state index in [0.717, 1.165) is 32.6 Å². The van der Waals surface area contributed by atoms with Crippen molar-refractivity contribution in [3.8, 4) is 22.6 Å². The van der Waals surface area contributed by atoms with Gasteiger partial charge < -0.3 is 10.1 Å². The number of nitrogens with zero attached hydrogens (tertiary/aromatic N) is 2. The van der Waals surface area contributed by atoms with E-state index in [4.69, 9.17) is 4.74 Å². The number of benzene rings is 3. The fourth-order valence-corrected chi connectivity index (χ4v) is 5.30. The minimum Gasteiger partial charge on any atom is -0.457 e. The van der Waals surface area contributed by atoms with Crippen molar-refractivity contribution < 1.29 is 9.53 Å². The highest BCUT2D eigenvalue weighted by molar-refractivity contribution is 9.10.